The zero-order valence-corrected chi connectivity index (χ0v) is 13.2. The first-order valence-electron chi connectivity index (χ1n) is 7.48. The van der Waals surface area contributed by atoms with Gasteiger partial charge in [-0.15, -0.1) is 0 Å². The van der Waals surface area contributed by atoms with Crippen LogP contribution in [0.4, 0.5) is 5.69 Å². The molecule has 0 radical (unpaired) electrons. The van der Waals surface area contributed by atoms with Crippen molar-refractivity contribution in [2.24, 2.45) is 0 Å². The Hall–Kier alpha value is -2.50. The van der Waals surface area contributed by atoms with Crippen molar-refractivity contribution in [3.63, 3.8) is 0 Å². The summed E-state index contributed by atoms with van der Waals surface area (Å²) >= 11 is 0. The summed E-state index contributed by atoms with van der Waals surface area (Å²) in [7, 11) is 0. The quantitative estimate of drug-likeness (QED) is 0.668. The molecule has 23 heavy (non-hydrogen) atoms. The molecule has 0 bridgehead atoms. The third-order valence-electron chi connectivity index (χ3n) is 3.21. The Balaban J connectivity index is 2.70. The number of hydrogen-bond acceptors (Lipinski definition) is 4. The van der Waals surface area contributed by atoms with Gasteiger partial charge >= 0.3 is 5.97 Å². The van der Waals surface area contributed by atoms with E-state index in [9.17, 15) is 19.2 Å². The Morgan fingerprint density at radius 3 is 2.22 bits per heavy atom. The van der Waals surface area contributed by atoms with Gasteiger partial charge < -0.3 is 10.0 Å². The van der Waals surface area contributed by atoms with Gasteiger partial charge in [0.1, 0.15) is 11.6 Å². The highest BCUT2D eigenvalue weighted by Gasteiger charge is 2.17. The van der Waals surface area contributed by atoms with Crippen molar-refractivity contribution in [3.8, 4) is 0 Å². The van der Waals surface area contributed by atoms with Crippen molar-refractivity contribution in [2.75, 3.05) is 11.4 Å². The topological polar surface area (TPSA) is 91.8 Å². The molecule has 1 aromatic carbocycles. The number of Topliss-reactive ketones (excluding diaryl/α,β-unsaturated/α-hetero) is 2. The standard InChI is InChI=1S/C17H21NO5/c1-13(19)12-15(20)10-11-18(14-6-3-2-4-7-14)16(21)8-5-9-17(22)23/h2-4,6-7H,5,8-12H2,1H3,(H,22,23). The van der Waals surface area contributed by atoms with Gasteiger partial charge in [0.2, 0.25) is 5.91 Å². The summed E-state index contributed by atoms with van der Waals surface area (Å²) in [6.07, 6.45) is 0.244. The number of benzene rings is 1. The molecule has 124 valence electrons. The number of carboxylic acids is 1. The van der Waals surface area contributed by atoms with Crippen molar-refractivity contribution in [1.29, 1.82) is 0 Å². The van der Waals surface area contributed by atoms with Crippen LogP contribution in [0.3, 0.4) is 0 Å². The molecule has 6 nitrogen and oxygen atoms in total. The Morgan fingerprint density at radius 2 is 1.65 bits per heavy atom. The molecule has 1 aromatic rings. The molecule has 0 heterocycles. The molecule has 0 aromatic heterocycles. The third-order valence-corrected chi connectivity index (χ3v) is 3.21. The van der Waals surface area contributed by atoms with Gasteiger partial charge in [0.05, 0.1) is 6.42 Å². The Kier molecular flexibility index (Phi) is 7.66. The number of hydrogen-bond donors (Lipinski definition) is 1. The second-order valence-electron chi connectivity index (χ2n) is 5.30. The molecule has 0 saturated carbocycles. The summed E-state index contributed by atoms with van der Waals surface area (Å²) < 4.78 is 0. The largest absolute Gasteiger partial charge is 0.481 e. The fourth-order valence-electron chi connectivity index (χ4n) is 2.13. The van der Waals surface area contributed by atoms with E-state index in [0.717, 1.165) is 0 Å². The number of nitrogens with zero attached hydrogens (tertiary/aromatic N) is 1. The van der Waals surface area contributed by atoms with Gasteiger partial charge in [0, 0.05) is 31.5 Å². The SMILES string of the molecule is CC(=O)CC(=O)CCN(C(=O)CCCC(=O)O)c1ccccc1. The molecule has 0 unspecified atom stereocenters. The lowest BCUT2D eigenvalue weighted by atomic mass is 10.1. The molecule has 0 saturated heterocycles. The highest BCUT2D eigenvalue weighted by Crippen LogP contribution is 2.16. The number of para-hydroxylation sites is 1. The van der Waals surface area contributed by atoms with Crippen molar-refractivity contribution in [1.82, 2.24) is 0 Å². The van der Waals surface area contributed by atoms with Crippen molar-refractivity contribution in [3.05, 3.63) is 30.3 Å². The summed E-state index contributed by atoms with van der Waals surface area (Å²) in [4.78, 5) is 47.0. The van der Waals surface area contributed by atoms with Crippen LogP contribution < -0.4 is 4.90 Å². The van der Waals surface area contributed by atoms with Gasteiger partial charge in [-0.2, -0.15) is 0 Å². The van der Waals surface area contributed by atoms with Gasteiger partial charge in [-0.3, -0.25) is 19.2 Å². The molecule has 0 aliphatic carbocycles. The molecule has 0 aliphatic rings. The minimum Gasteiger partial charge on any atom is -0.481 e. The average molecular weight is 319 g/mol. The molecular weight excluding hydrogens is 298 g/mol. The maximum absolute atomic E-state index is 12.3. The van der Waals surface area contributed by atoms with Crippen LogP contribution in [-0.4, -0.2) is 35.1 Å². The van der Waals surface area contributed by atoms with E-state index in [1.165, 1.54) is 11.8 Å². The van der Waals surface area contributed by atoms with Crippen molar-refractivity contribution in [2.45, 2.75) is 39.0 Å². The summed E-state index contributed by atoms with van der Waals surface area (Å²) in [5.74, 6) is -1.58. The fourth-order valence-corrected chi connectivity index (χ4v) is 2.13. The van der Waals surface area contributed by atoms with E-state index in [-0.39, 0.29) is 56.1 Å². The first-order valence-corrected chi connectivity index (χ1v) is 7.48. The van der Waals surface area contributed by atoms with E-state index >= 15 is 0 Å². The number of carbonyl (C=O) groups excluding carboxylic acids is 3. The van der Waals surface area contributed by atoms with Crippen LogP contribution in [-0.2, 0) is 19.2 Å². The highest BCUT2D eigenvalue weighted by molar-refractivity contribution is 5.99. The number of carbonyl (C=O) groups is 4. The van der Waals surface area contributed by atoms with Gasteiger partial charge in [-0.1, -0.05) is 18.2 Å². The first-order chi connectivity index (χ1) is 10.9. The first kappa shape index (κ1) is 18.5. The number of aliphatic carboxylic acids is 1. The van der Waals surface area contributed by atoms with E-state index in [1.807, 2.05) is 6.07 Å². The summed E-state index contributed by atoms with van der Waals surface area (Å²) in [6.45, 7) is 1.53. The van der Waals surface area contributed by atoms with E-state index in [4.69, 9.17) is 5.11 Å². The Bertz CT molecular complexity index is 568. The fraction of sp³-hybridized carbons (Fsp3) is 0.412. The molecule has 0 spiro atoms. The molecule has 0 fully saturated rings. The summed E-state index contributed by atoms with van der Waals surface area (Å²) in [6, 6.07) is 8.89. The smallest absolute Gasteiger partial charge is 0.303 e. The van der Waals surface area contributed by atoms with Crippen LogP contribution in [0.5, 0.6) is 0 Å². The predicted molar refractivity (Wildman–Crippen MR) is 85.2 cm³/mol. The van der Waals surface area contributed by atoms with Crippen LogP contribution in [0.15, 0.2) is 30.3 Å². The minimum absolute atomic E-state index is 0.0718. The zero-order valence-electron chi connectivity index (χ0n) is 13.2. The average Bonchev–Trinajstić information content (AvgIpc) is 2.47. The summed E-state index contributed by atoms with van der Waals surface area (Å²) in [5.41, 5.74) is 0.656. The highest BCUT2D eigenvalue weighted by atomic mass is 16.4. The zero-order chi connectivity index (χ0) is 17.2. The molecule has 6 heteroatoms. The molecule has 1 rings (SSSR count). The van der Waals surface area contributed by atoms with Gasteiger partial charge in [-0.25, -0.2) is 0 Å². The van der Waals surface area contributed by atoms with Crippen molar-refractivity contribution >= 4 is 29.1 Å². The van der Waals surface area contributed by atoms with Crippen LogP contribution in [0.1, 0.15) is 39.0 Å². The lowest BCUT2D eigenvalue weighted by Crippen LogP contribution is -2.33. The number of carboxylic acid groups (broad SMARTS) is 1. The minimum atomic E-state index is -0.944. The maximum atomic E-state index is 12.3. The van der Waals surface area contributed by atoms with Crippen LogP contribution in [0.25, 0.3) is 0 Å². The predicted octanol–water partition coefficient (Wildman–Crippen LogP) is 2.21. The van der Waals surface area contributed by atoms with E-state index in [0.29, 0.717) is 5.69 Å². The second-order valence-corrected chi connectivity index (χ2v) is 5.30. The number of rotatable bonds is 10. The Morgan fingerprint density at radius 1 is 1.00 bits per heavy atom. The normalized spacial score (nSPS) is 10.1. The monoisotopic (exact) mass is 319 g/mol. The lowest BCUT2D eigenvalue weighted by molar-refractivity contribution is -0.137. The van der Waals surface area contributed by atoms with E-state index in [1.54, 1.807) is 24.3 Å². The van der Waals surface area contributed by atoms with Crippen LogP contribution >= 0.6 is 0 Å². The maximum Gasteiger partial charge on any atom is 0.303 e. The number of ketones is 2. The number of anilines is 1. The summed E-state index contributed by atoms with van der Waals surface area (Å²) in [5, 5.41) is 8.64. The van der Waals surface area contributed by atoms with Gasteiger partial charge in [0.15, 0.2) is 0 Å². The van der Waals surface area contributed by atoms with Gasteiger partial charge in [-0.05, 0) is 25.5 Å². The second kappa shape index (κ2) is 9.50. The molecule has 1 amide bonds. The number of amides is 1. The van der Waals surface area contributed by atoms with Crippen LogP contribution in [0.2, 0.25) is 0 Å². The van der Waals surface area contributed by atoms with Crippen LogP contribution in [0, 0.1) is 0 Å². The molecule has 0 atom stereocenters. The molecule has 0 aliphatic heterocycles. The van der Waals surface area contributed by atoms with E-state index in [2.05, 4.69) is 0 Å². The molecular formula is C17H21NO5. The van der Waals surface area contributed by atoms with Crippen molar-refractivity contribution < 1.29 is 24.3 Å². The van der Waals surface area contributed by atoms with E-state index < -0.39 is 5.97 Å². The third kappa shape index (κ3) is 7.35. The Labute approximate surface area is 135 Å². The molecule has 1 N–H and O–H groups in total. The van der Waals surface area contributed by atoms with Gasteiger partial charge in [0.25, 0.3) is 0 Å². The lowest BCUT2D eigenvalue weighted by Gasteiger charge is -2.22.